The standard InChI is InChI=1S/C52H30N2S3.C50H30N2S2/c1-2-10-31(11-3-1)52-53-44(34-20-23-51-43(29-34)40-14-6-9-17-48(40)57-51)30-45(54-52)37-25-35(32-18-21-49-41(27-32)38-12-4-7-15-46(38)55-49)24-36(26-37)33-19-22-50-42(28-33)39-13-5-8-16-47(39)56-50;1-2-14-32(15-3-1)44-30-45(52-50(51-44)42-24-10-16-31-13-4-5-17-34(31)42)43-29-33(35-20-11-22-40-37-18-6-8-25-46(37)53-48(35)40)27-28-36(43)39-21-12-23-41-38-19-7-9-26-47(38)54-49(39)41/h1-30H;1-30H. The lowest BCUT2D eigenvalue weighted by Gasteiger charge is -2.16. The predicted molar refractivity (Wildman–Crippen MR) is 480 cm³/mol. The van der Waals surface area contributed by atoms with Crippen LogP contribution < -0.4 is 0 Å². The maximum atomic E-state index is 5.49. The van der Waals surface area contributed by atoms with E-state index >= 15 is 0 Å². The molecule has 16 aromatic carbocycles. The van der Waals surface area contributed by atoms with Gasteiger partial charge in [0.2, 0.25) is 0 Å². The van der Waals surface area contributed by atoms with Crippen molar-refractivity contribution in [3.8, 4) is 112 Å². The molecular formula is C102H60N4S5. The van der Waals surface area contributed by atoms with Gasteiger partial charge in [-0.25, -0.2) is 19.9 Å². The van der Waals surface area contributed by atoms with Crippen molar-refractivity contribution in [2.24, 2.45) is 0 Å². The molecule has 111 heavy (non-hydrogen) atoms. The number of aromatic nitrogens is 4. The number of thiophene rings is 5. The number of fused-ring (bicyclic) bond motifs is 16. The quantitative estimate of drug-likeness (QED) is 0.137. The summed E-state index contributed by atoms with van der Waals surface area (Å²) in [5.41, 5.74) is 19.3. The van der Waals surface area contributed by atoms with Crippen LogP contribution in [0.15, 0.2) is 364 Å². The molecule has 0 unspecified atom stereocenters. The van der Waals surface area contributed by atoms with E-state index in [0.29, 0.717) is 11.6 Å². The number of nitrogens with zero attached hydrogens (tertiary/aromatic N) is 4. The van der Waals surface area contributed by atoms with Crippen molar-refractivity contribution in [1.29, 1.82) is 0 Å². The Bertz CT molecular complexity index is 7530. The molecule has 518 valence electrons. The Labute approximate surface area is 659 Å². The summed E-state index contributed by atoms with van der Waals surface area (Å²) in [6.07, 6.45) is 0. The van der Waals surface area contributed by atoms with Crippen molar-refractivity contribution in [2.45, 2.75) is 0 Å². The van der Waals surface area contributed by atoms with Crippen molar-refractivity contribution < 1.29 is 0 Å². The fourth-order valence-corrected chi connectivity index (χ4v) is 22.0. The highest BCUT2D eigenvalue weighted by atomic mass is 32.1. The molecule has 0 aliphatic carbocycles. The van der Waals surface area contributed by atoms with Gasteiger partial charge in [0.15, 0.2) is 11.6 Å². The van der Waals surface area contributed by atoms with Crippen molar-refractivity contribution in [2.75, 3.05) is 0 Å². The average Bonchev–Trinajstić information content (AvgIpc) is 1.72. The van der Waals surface area contributed by atoms with E-state index in [1.807, 2.05) is 62.8 Å². The van der Waals surface area contributed by atoms with Gasteiger partial charge >= 0.3 is 0 Å². The molecule has 7 heterocycles. The van der Waals surface area contributed by atoms with Crippen LogP contribution in [0.3, 0.4) is 0 Å². The maximum absolute atomic E-state index is 5.49. The highest BCUT2D eigenvalue weighted by Gasteiger charge is 2.23. The van der Waals surface area contributed by atoms with Gasteiger partial charge in [-0.05, 0) is 153 Å². The van der Waals surface area contributed by atoms with Crippen molar-refractivity contribution >= 4 is 168 Å². The zero-order valence-corrected chi connectivity index (χ0v) is 63.6. The monoisotopic (exact) mass is 1500 g/mol. The second-order valence-electron chi connectivity index (χ2n) is 28.2. The zero-order chi connectivity index (χ0) is 73.0. The van der Waals surface area contributed by atoms with E-state index in [2.05, 4.69) is 358 Å². The zero-order valence-electron chi connectivity index (χ0n) is 59.5. The summed E-state index contributed by atoms with van der Waals surface area (Å²) in [5, 5.41) is 15.2. The van der Waals surface area contributed by atoms with Crippen LogP contribution in [0.25, 0.3) is 224 Å². The van der Waals surface area contributed by atoms with Crippen molar-refractivity contribution in [3.05, 3.63) is 364 Å². The minimum Gasteiger partial charge on any atom is -0.228 e. The van der Waals surface area contributed by atoms with Gasteiger partial charge in [0.05, 0.1) is 22.8 Å². The van der Waals surface area contributed by atoms with Crippen LogP contribution in [0.2, 0.25) is 0 Å². The molecule has 0 fully saturated rings. The van der Waals surface area contributed by atoms with Crippen LogP contribution >= 0.6 is 56.7 Å². The summed E-state index contributed by atoms with van der Waals surface area (Å²) in [6.45, 7) is 0. The van der Waals surface area contributed by atoms with Crippen molar-refractivity contribution in [1.82, 2.24) is 19.9 Å². The molecule has 0 saturated carbocycles. The minimum atomic E-state index is 0.711. The summed E-state index contributed by atoms with van der Waals surface area (Å²) < 4.78 is 13.0. The Hall–Kier alpha value is -13.0. The predicted octanol–water partition coefficient (Wildman–Crippen LogP) is 30.6. The van der Waals surface area contributed by atoms with Gasteiger partial charge in [-0.3, -0.25) is 0 Å². The van der Waals surface area contributed by atoms with E-state index in [1.54, 1.807) is 0 Å². The third-order valence-electron chi connectivity index (χ3n) is 21.6. The molecule has 23 rings (SSSR count). The molecule has 0 amide bonds. The number of benzene rings is 16. The third-order valence-corrected chi connectivity index (χ3v) is 27.5. The van der Waals surface area contributed by atoms with Crippen LogP contribution in [-0.4, -0.2) is 19.9 Å². The van der Waals surface area contributed by atoms with E-state index in [9.17, 15) is 0 Å². The maximum Gasteiger partial charge on any atom is 0.161 e. The minimum absolute atomic E-state index is 0.711. The summed E-state index contributed by atoms with van der Waals surface area (Å²) in [4.78, 5) is 21.3. The van der Waals surface area contributed by atoms with Crippen molar-refractivity contribution in [3.63, 3.8) is 0 Å². The lowest BCUT2D eigenvalue weighted by atomic mass is 9.91. The summed E-state index contributed by atoms with van der Waals surface area (Å²) >= 11 is 9.27. The van der Waals surface area contributed by atoms with Crippen LogP contribution in [-0.2, 0) is 0 Å². The fraction of sp³-hybridized carbons (Fsp3) is 0. The molecule has 9 heteroatoms. The lowest BCUT2D eigenvalue weighted by molar-refractivity contribution is 1.18. The summed E-state index contributed by atoms with van der Waals surface area (Å²) in [5.74, 6) is 1.42. The highest BCUT2D eigenvalue weighted by Crippen LogP contribution is 2.49. The third kappa shape index (κ3) is 11.6. The van der Waals surface area contributed by atoms with Gasteiger partial charge in [0, 0.05) is 140 Å². The molecule has 0 saturated heterocycles. The molecular weight excluding hydrogens is 1440 g/mol. The summed E-state index contributed by atoms with van der Waals surface area (Å²) in [6, 6.07) is 132. The smallest absolute Gasteiger partial charge is 0.161 e. The Morgan fingerprint density at radius 1 is 0.153 bits per heavy atom. The Balaban J connectivity index is 0.000000137. The molecule has 23 aromatic rings. The van der Waals surface area contributed by atoms with E-state index < -0.39 is 0 Å². The first-order valence-electron chi connectivity index (χ1n) is 37.2. The Kier molecular flexibility index (Phi) is 15.9. The number of rotatable bonds is 10. The van der Waals surface area contributed by atoms with Gasteiger partial charge < -0.3 is 0 Å². The number of hydrogen-bond donors (Lipinski definition) is 0. The highest BCUT2D eigenvalue weighted by molar-refractivity contribution is 7.27. The first kappa shape index (κ1) is 65.2. The van der Waals surface area contributed by atoms with E-state index in [1.165, 1.54) is 134 Å². The summed E-state index contributed by atoms with van der Waals surface area (Å²) in [7, 11) is 0. The second kappa shape index (κ2) is 27.0. The molecule has 0 spiro atoms. The first-order chi connectivity index (χ1) is 54.9. The van der Waals surface area contributed by atoms with Gasteiger partial charge in [-0.2, -0.15) is 0 Å². The molecule has 0 aliphatic rings. The topological polar surface area (TPSA) is 51.6 Å². The molecule has 0 aliphatic heterocycles. The largest absolute Gasteiger partial charge is 0.228 e. The fourth-order valence-electron chi connectivity index (χ4n) is 16.2. The number of hydrogen-bond acceptors (Lipinski definition) is 9. The Morgan fingerprint density at radius 2 is 0.523 bits per heavy atom. The molecule has 0 N–H and O–H groups in total. The molecule has 0 radical (unpaired) electrons. The second-order valence-corrected chi connectivity index (χ2v) is 33.6. The van der Waals surface area contributed by atoms with Gasteiger partial charge in [-0.1, -0.05) is 261 Å². The van der Waals surface area contributed by atoms with Crippen LogP contribution in [0, 0.1) is 0 Å². The molecule has 0 bridgehead atoms. The SMILES string of the molecule is c1ccc(-c2cc(-c3cc(-c4cccc5c4sc4ccccc45)ccc3-c3cccc4c3sc3ccccc34)nc(-c3cccc4ccccc34)n2)cc1.c1ccc(-c2nc(-c3cc(-c4ccc5sc6ccccc6c5c4)cc(-c4ccc5sc6ccccc6c5c4)c3)cc(-c3ccc4sc5ccccc5c4c3)n2)cc1. The Morgan fingerprint density at radius 3 is 1.10 bits per heavy atom. The molecule has 7 aromatic heterocycles. The normalized spacial score (nSPS) is 11.8. The van der Waals surface area contributed by atoms with Gasteiger partial charge in [0.1, 0.15) is 0 Å². The van der Waals surface area contributed by atoms with Gasteiger partial charge in [-0.15, -0.1) is 56.7 Å². The van der Waals surface area contributed by atoms with E-state index in [-0.39, 0.29) is 0 Å². The average molecular weight is 1500 g/mol. The molecule has 4 nitrogen and oxygen atoms in total. The van der Waals surface area contributed by atoms with Crippen LogP contribution in [0.1, 0.15) is 0 Å². The van der Waals surface area contributed by atoms with Gasteiger partial charge in [0.25, 0.3) is 0 Å². The molecule has 0 atom stereocenters. The van der Waals surface area contributed by atoms with E-state index in [0.717, 1.165) is 78.2 Å². The first-order valence-corrected chi connectivity index (χ1v) is 41.3. The van der Waals surface area contributed by atoms with Crippen LogP contribution in [0.4, 0.5) is 0 Å². The lowest BCUT2D eigenvalue weighted by Crippen LogP contribution is -1.98. The van der Waals surface area contributed by atoms with E-state index in [4.69, 9.17) is 19.9 Å². The van der Waals surface area contributed by atoms with Crippen LogP contribution in [0.5, 0.6) is 0 Å².